The third-order valence-electron chi connectivity index (χ3n) is 5.39. The van der Waals surface area contributed by atoms with Crippen molar-refractivity contribution < 1.29 is 14.0 Å². The maximum atomic E-state index is 12.6. The summed E-state index contributed by atoms with van der Waals surface area (Å²) >= 11 is 0. The predicted molar refractivity (Wildman–Crippen MR) is 112 cm³/mol. The minimum atomic E-state index is -0.624. The molecule has 0 spiro atoms. The molecule has 1 aromatic heterocycles. The lowest BCUT2D eigenvalue weighted by atomic mass is 9.86. The second-order valence-electron chi connectivity index (χ2n) is 7.90. The molecule has 2 aromatic carbocycles. The molecule has 0 unspecified atom stereocenters. The number of carbonyl (C=O) groups is 2. The molecule has 0 atom stereocenters. The molecule has 0 fully saturated rings. The van der Waals surface area contributed by atoms with Gasteiger partial charge in [0.05, 0.1) is 17.5 Å². The monoisotopic (exact) mass is 389 g/mol. The minimum Gasteiger partial charge on any atom is -0.441 e. The second-order valence-corrected chi connectivity index (χ2v) is 7.90. The first-order valence-electron chi connectivity index (χ1n) is 9.54. The fourth-order valence-electron chi connectivity index (χ4n) is 3.53. The van der Waals surface area contributed by atoms with Crippen molar-refractivity contribution in [3.8, 4) is 11.5 Å². The van der Waals surface area contributed by atoms with Gasteiger partial charge in [-0.05, 0) is 63.1 Å². The molecular formula is C23H23N3O3. The Balaban J connectivity index is 1.51. The van der Waals surface area contributed by atoms with E-state index >= 15 is 0 Å². The van der Waals surface area contributed by atoms with E-state index in [1.165, 1.54) is 0 Å². The lowest BCUT2D eigenvalue weighted by Crippen LogP contribution is -2.27. The molecule has 0 bridgehead atoms. The molecule has 3 aromatic rings. The van der Waals surface area contributed by atoms with Crippen molar-refractivity contribution in [2.24, 2.45) is 0 Å². The van der Waals surface area contributed by atoms with Crippen LogP contribution in [0.25, 0.3) is 11.5 Å². The molecule has 6 heteroatoms. The van der Waals surface area contributed by atoms with Crippen LogP contribution in [-0.2, 0) is 21.4 Å². The summed E-state index contributed by atoms with van der Waals surface area (Å²) in [5.41, 5.74) is 4.28. The van der Waals surface area contributed by atoms with Crippen LogP contribution in [0.1, 0.15) is 36.4 Å². The molecule has 6 nitrogen and oxygen atoms in total. The highest BCUT2D eigenvalue weighted by Gasteiger charge is 2.38. The Labute approximate surface area is 169 Å². The number of nitrogens with one attached hydrogen (secondary N) is 2. The summed E-state index contributed by atoms with van der Waals surface area (Å²) in [4.78, 5) is 29.2. The van der Waals surface area contributed by atoms with E-state index in [4.69, 9.17) is 4.42 Å². The van der Waals surface area contributed by atoms with E-state index in [1.54, 1.807) is 6.07 Å². The van der Waals surface area contributed by atoms with Gasteiger partial charge in [0, 0.05) is 16.9 Å². The van der Waals surface area contributed by atoms with Crippen LogP contribution in [0.2, 0.25) is 0 Å². The van der Waals surface area contributed by atoms with E-state index in [0.29, 0.717) is 23.0 Å². The molecule has 2 N–H and O–H groups in total. The van der Waals surface area contributed by atoms with Crippen LogP contribution in [0.15, 0.2) is 46.9 Å². The van der Waals surface area contributed by atoms with Gasteiger partial charge >= 0.3 is 0 Å². The smallest absolute Gasteiger partial charge is 0.234 e. The summed E-state index contributed by atoms with van der Waals surface area (Å²) < 4.78 is 5.80. The van der Waals surface area contributed by atoms with Crippen molar-refractivity contribution in [1.82, 2.24) is 4.98 Å². The topological polar surface area (TPSA) is 84.2 Å². The number of nitrogens with zero attached hydrogens (tertiary/aromatic N) is 1. The maximum absolute atomic E-state index is 12.6. The molecule has 1 aliphatic rings. The van der Waals surface area contributed by atoms with Crippen LogP contribution in [0, 0.1) is 13.8 Å². The summed E-state index contributed by atoms with van der Waals surface area (Å²) in [6.45, 7) is 7.54. The number of rotatable bonds is 4. The van der Waals surface area contributed by atoms with Gasteiger partial charge in [0.1, 0.15) is 5.76 Å². The molecule has 148 valence electrons. The number of fused-ring (bicyclic) bond motifs is 1. The highest BCUT2D eigenvalue weighted by atomic mass is 16.4. The van der Waals surface area contributed by atoms with Crippen LogP contribution in [-0.4, -0.2) is 16.8 Å². The summed E-state index contributed by atoms with van der Waals surface area (Å²) in [6.07, 6.45) is 0.110. The van der Waals surface area contributed by atoms with Gasteiger partial charge in [-0.1, -0.05) is 18.2 Å². The Morgan fingerprint density at radius 2 is 1.93 bits per heavy atom. The first-order valence-corrected chi connectivity index (χ1v) is 9.54. The number of aromatic nitrogens is 1. The number of carbonyl (C=O) groups excluding carboxylic acids is 2. The normalized spacial score (nSPS) is 14.4. The first-order chi connectivity index (χ1) is 13.8. The molecular weight excluding hydrogens is 366 g/mol. The van der Waals surface area contributed by atoms with Gasteiger partial charge in [-0.3, -0.25) is 9.59 Å². The number of anilines is 2. The lowest BCUT2D eigenvalue weighted by Gasteiger charge is -2.16. The zero-order valence-electron chi connectivity index (χ0n) is 16.9. The number of aryl methyl sites for hydroxylation is 2. The van der Waals surface area contributed by atoms with Gasteiger partial charge < -0.3 is 15.1 Å². The number of oxazole rings is 1. The zero-order valence-corrected chi connectivity index (χ0v) is 16.9. The van der Waals surface area contributed by atoms with Gasteiger partial charge in [-0.25, -0.2) is 4.98 Å². The van der Waals surface area contributed by atoms with Gasteiger partial charge in [-0.15, -0.1) is 0 Å². The molecule has 0 aliphatic carbocycles. The van der Waals surface area contributed by atoms with Crippen molar-refractivity contribution in [1.29, 1.82) is 0 Å². The van der Waals surface area contributed by atoms with Gasteiger partial charge in [-0.2, -0.15) is 0 Å². The summed E-state index contributed by atoms with van der Waals surface area (Å²) in [5.74, 6) is 0.918. The lowest BCUT2D eigenvalue weighted by molar-refractivity contribution is -0.119. The van der Waals surface area contributed by atoms with Crippen molar-refractivity contribution in [3.63, 3.8) is 0 Å². The van der Waals surface area contributed by atoms with Crippen LogP contribution >= 0.6 is 0 Å². The van der Waals surface area contributed by atoms with E-state index < -0.39 is 5.41 Å². The number of hydrogen-bond donors (Lipinski definition) is 2. The summed E-state index contributed by atoms with van der Waals surface area (Å²) in [5, 5.41) is 5.76. The maximum Gasteiger partial charge on any atom is 0.234 e. The second kappa shape index (κ2) is 6.88. The fourth-order valence-corrected chi connectivity index (χ4v) is 3.53. The number of amides is 2. The first kappa shape index (κ1) is 18.9. The van der Waals surface area contributed by atoms with Crippen LogP contribution in [0.3, 0.4) is 0 Å². The van der Waals surface area contributed by atoms with E-state index in [-0.39, 0.29) is 18.2 Å². The third kappa shape index (κ3) is 3.42. The van der Waals surface area contributed by atoms with Crippen LogP contribution in [0.4, 0.5) is 11.4 Å². The highest BCUT2D eigenvalue weighted by Crippen LogP contribution is 2.38. The quantitative estimate of drug-likeness (QED) is 0.694. The number of hydrogen-bond acceptors (Lipinski definition) is 4. The zero-order chi connectivity index (χ0) is 20.8. The number of benzene rings is 2. The SMILES string of the molecule is Cc1ccccc1-c1nc(CC(=O)Nc2ccc3c(c2)C(C)(C)C(=O)N3)c(C)o1. The van der Waals surface area contributed by atoms with E-state index in [0.717, 1.165) is 22.4 Å². The average Bonchev–Trinajstić information content (AvgIpc) is 3.13. The average molecular weight is 389 g/mol. The van der Waals surface area contributed by atoms with Crippen molar-refractivity contribution in [2.45, 2.75) is 39.5 Å². The molecule has 1 aliphatic heterocycles. The van der Waals surface area contributed by atoms with E-state index in [2.05, 4.69) is 15.6 Å². The molecule has 2 amide bonds. The van der Waals surface area contributed by atoms with Crippen LogP contribution < -0.4 is 10.6 Å². The molecule has 0 saturated carbocycles. The highest BCUT2D eigenvalue weighted by molar-refractivity contribution is 6.06. The Morgan fingerprint density at radius 1 is 1.17 bits per heavy atom. The van der Waals surface area contributed by atoms with Gasteiger partial charge in [0.2, 0.25) is 17.7 Å². The Morgan fingerprint density at radius 3 is 2.69 bits per heavy atom. The largest absolute Gasteiger partial charge is 0.441 e. The fraction of sp³-hybridized carbons (Fsp3) is 0.261. The predicted octanol–water partition coefficient (Wildman–Crippen LogP) is 4.37. The Hall–Kier alpha value is -3.41. The standard InChI is InChI=1S/C23H23N3O3/c1-13-7-5-6-8-16(13)21-25-19(14(2)29-21)12-20(27)24-15-9-10-18-17(11-15)23(3,4)22(28)26-18/h5-11H,12H2,1-4H3,(H,24,27)(H,26,28). The van der Waals surface area contributed by atoms with Crippen molar-refractivity contribution in [3.05, 3.63) is 65.0 Å². The van der Waals surface area contributed by atoms with Crippen molar-refractivity contribution >= 4 is 23.2 Å². The van der Waals surface area contributed by atoms with E-state index in [9.17, 15) is 9.59 Å². The summed E-state index contributed by atoms with van der Waals surface area (Å²) in [7, 11) is 0. The molecule has 0 radical (unpaired) electrons. The molecule has 29 heavy (non-hydrogen) atoms. The Kier molecular flexibility index (Phi) is 4.49. The van der Waals surface area contributed by atoms with Gasteiger partial charge in [0.25, 0.3) is 0 Å². The van der Waals surface area contributed by atoms with E-state index in [1.807, 2.05) is 64.1 Å². The molecule has 4 rings (SSSR count). The molecule has 0 saturated heterocycles. The Bertz CT molecular complexity index is 1130. The summed E-state index contributed by atoms with van der Waals surface area (Å²) in [6, 6.07) is 13.3. The minimum absolute atomic E-state index is 0.0436. The third-order valence-corrected chi connectivity index (χ3v) is 5.39. The van der Waals surface area contributed by atoms with Crippen LogP contribution in [0.5, 0.6) is 0 Å². The van der Waals surface area contributed by atoms with Gasteiger partial charge in [0.15, 0.2) is 0 Å². The molecule has 2 heterocycles. The van der Waals surface area contributed by atoms with Crippen molar-refractivity contribution in [2.75, 3.05) is 10.6 Å².